The predicted molar refractivity (Wildman–Crippen MR) is 83.7 cm³/mol. The van der Waals surface area contributed by atoms with E-state index in [1.807, 2.05) is 12.1 Å². The number of nitriles is 1. The van der Waals surface area contributed by atoms with E-state index in [2.05, 4.69) is 22.1 Å². The molecule has 1 aromatic heterocycles. The molecule has 0 aliphatic carbocycles. The lowest BCUT2D eigenvalue weighted by Crippen LogP contribution is -2.05. The van der Waals surface area contributed by atoms with E-state index in [-0.39, 0.29) is 5.82 Å². The lowest BCUT2D eigenvalue weighted by Gasteiger charge is -2.13. The Morgan fingerprint density at radius 1 is 1.09 bits per heavy atom. The highest BCUT2D eigenvalue weighted by atomic mass is 19.1. The van der Waals surface area contributed by atoms with Gasteiger partial charge in [-0.25, -0.2) is 4.39 Å². The number of hydrogen-bond donors (Lipinski definition) is 0. The van der Waals surface area contributed by atoms with Crippen LogP contribution in [0.5, 0.6) is 0 Å². The summed E-state index contributed by atoms with van der Waals surface area (Å²) >= 11 is 0. The fourth-order valence-electron chi connectivity index (χ4n) is 2.39. The fourth-order valence-corrected chi connectivity index (χ4v) is 2.39. The summed E-state index contributed by atoms with van der Waals surface area (Å²) in [5.74, 6) is -0.242. The van der Waals surface area contributed by atoms with Gasteiger partial charge in [-0.3, -0.25) is 9.98 Å². The monoisotopic (exact) mass is 291 g/mol. The molecule has 1 aliphatic heterocycles. The Morgan fingerprint density at radius 3 is 2.55 bits per heavy atom. The van der Waals surface area contributed by atoms with Crippen molar-refractivity contribution in [1.82, 2.24) is 4.98 Å². The summed E-state index contributed by atoms with van der Waals surface area (Å²) in [5.41, 5.74) is 4.47. The van der Waals surface area contributed by atoms with Crippen molar-refractivity contribution < 1.29 is 4.39 Å². The van der Waals surface area contributed by atoms with E-state index in [1.54, 1.807) is 18.3 Å². The minimum Gasteiger partial charge on any atom is -0.260 e. The van der Waals surface area contributed by atoms with Crippen molar-refractivity contribution in [2.75, 3.05) is 0 Å². The maximum absolute atomic E-state index is 13.0. The Balaban J connectivity index is 1.86. The first-order chi connectivity index (χ1) is 10.8. The van der Waals surface area contributed by atoms with Crippen LogP contribution in [0.3, 0.4) is 0 Å². The van der Waals surface area contributed by atoms with Crippen LogP contribution in [0.1, 0.15) is 29.7 Å². The normalized spacial score (nSPS) is 14.0. The minimum atomic E-state index is -0.242. The second-order valence-corrected chi connectivity index (χ2v) is 5.07. The number of halogens is 1. The molecule has 0 saturated carbocycles. The third-order valence-corrected chi connectivity index (χ3v) is 3.53. The lowest BCUT2D eigenvalue weighted by molar-refractivity contribution is 0.627. The predicted octanol–water partition coefficient (Wildman–Crippen LogP) is 3.91. The van der Waals surface area contributed by atoms with Crippen molar-refractivity contribution in [2.24, 2.45) is 4.99 Å². The van der Waals surface area contributed by atoms with Gasteiger partial charge in [0.05, 0.1) is 23.9 Å². The van der Waals surface area contributed by atoms with Gasteiger partial charge >= 0.3 is 0 Å². The Hall–Kier alpha value is -2.80. The lowest BCUT2D eigenvalue weighted by atomic mass is 10.0. The van der Waals surface area contributed by atoms with Gasteiger partial charge in [-0.1, -0.05) is 18.2 Å². The molecule has 3 rings (SSSR count). The average molecular weight is 291 g/mol. The molecule has 3 nitrogen and oxygen atoms in total. The van der Waals surface area contributed by atoms with Crippen LogP contribution in [0.2, 0.25) is 0 Å². The molecular weight excluding hydrogens is 277 g/mol. The number of rotatable bonds is 3. The molecule has 2 heterocycles. The summed E-state index contributed by atoms with van der Waals surface area (Å²) in [6.45, 7) is 0. The maximum Gasteiger partial charge on any atom is 0.123 e. The van der Waals surface area contributed by atoms with Gasteiger partial charge in [0.15, 0.2) is 0 Å². The van der Waals surface area contributed by atoms with Crippen LogP contribution in [0.15, 0.2) is 53.7 Å². The first-order valence-corrected chi connectivity index (χ1v) is 7.12. The molecule has 0 saturated heterocycles. The third kappa shape index (κ3) is 3.09. The Labute approximate surface area is 128 Å². The van der Waals surface area contributed by atoms with E-state index < -0.39 is 0 Å². The van der Waals surface area contributed by atoms with Gasteiger partial charge in [0.25, 0.3) is 0 Å². The van der Waals surface area contributed by atoms with E-state index in [0.29, 0.717) is 6.42 Å². The quantitative estimate of drug-likeness (QED) is 0.860. The number of aliphatic imine (C=N–C) groups is 1. The molecule has 0 N–H and O–H groups in total. The molecule has 1 aliphatic rings. The van der Waals surface area contributed by atoms with Crippen molar-refractivity contribution in [3.63, 3.8) is 0 Å². The highest BCUT2D eigenvalue weighted by Crippen LogP contribution is 2.24. The smallest absolute Gasteiger partial charge is 0.123 e. The van der Waals surface area contributed by atoms with E-state index in [9.17, 15) is 4.39 Å². The molecular formula is C18H14FN3. The zero-order valence-corrected chi connectivity index (χ0v) is 12.0. The number of nitrogens with zero attached hydrogens (tertiary/aromatic N) is 3. The summed E-state index contributed by atoms with van der Waals surface area (Å²) in [6, 6.07) is 12.3. The van der Waals surface area contributed by atoms with Gasteiger partial charge in [-0.15, -0.1) is 0 Å². The number of benzene rings is 1. The van der Waals surface area contributed by atoms with Crippen molar-refractivity contribution >= 4 is 11.4 Å². The number of pyridine rings is 1. The molecule has 0 fully saturated rings. The SMILES string of the molecule is N#CCc1ccc(C2=CCCC(c3ccc(F)cc3)=N2)cn1. The molecule has 0 unspecified atom stereocenters. The van der Waals surface area contributed by atoms with Crippen molar-refractivity contribution in [2.45, 2.75) is 19.3 Å². The second-order valence-electron chi connectivity index (χ2n) is 5.07. The van der Waals surface area contributed by atoms with Crippen LogP contribution in [0.25, 0.3) is 5.70 Å². The highest BCUT2D eigenvalue weighted by molar-refractivity contribution is 6.04. The molecule has 4 heteroatoms. The second kappa shape index (κ2) is 6.31. The summed E-state index contributed by atoms with van der Waals surface area (Å²) in [6.07, 6.45) is 5.87. The molecule has 2 aromatic rings. The average Bonchev–Trinajstić information content (AvgIpc) is 2.57. The van der Waals surface area contributed by atoms with Crippen molar-refractivity contribution in [3.05, 3.63) is 71.3 Å². The molecule has 1 aromatic carbocycles. The number of hydrogen-bond acceptors (Lipinski definition) is 3. The summed E-state index contributed by atoms with van der Waals surface area (Å²) in [4.78, 5) is 8.95. The zero-order valence-electron chi connectivity index (χ0n) is 12.0. The standard InChI is InChI=1S/C18H14FN3/c19-15-7-4-13(5-8-15)17-2-1-3-18(22-17)14-6-9-16(10-11-20)21-12-14/h3-9,12H,1-2,10H2. The van der Waals surface area contributed by atoms with Gasteiger partial charge in [-0.2, -0.15) is 5.26 Å². The van der Waals surface area contributed by atoms with E-state index >= 15 is 0 Å². The van der Waals surface area contributed by atoms with Gasteiger partial charge in [0.2, 0.25) is 0 Å². The van der Waals surface area contributed by atoms with Crippen LogP contribution in [0.4, 0.5) is 4.39 Å². The van der Waals surface area contributed by atoms with Crippen molar-refractivity contribution in [3.8, 4) is 6.07 Å². The maximum atomic E-state index is 13.0. The molecule has 0 atom stereocenters. The Bertz CT molecular complexity index is 765. The van der Waals surface area contributed by atoms with Gasteiger partial charge < -0.3 is 0 Å². The summed E-state index contributed by atoms with van der Waals surface area (Å²) in [5, 5.41) is 8.67. The Kier molecular flexibility index (Phi) is 4.06. The third-order valence-electron chi connectivity index (χ3n) is 3.53. The molecule has 22 heavy (non-hydrogen) atoms. The molecule has 0 bridgehead atoms. The van der Waals surface area contributed by atoms with E-state index in [1.165, 1.54) is 12.1 Å². The highest BCUT2D eigenvalue weighted by Gasteiger charge is 2.11. The first kappa shape index (κ1) is 14.2. The molecule has 0 amide bonds. The van der Waals surface area contributed by atoms with Crippen LogP contribution in [-0.4, -0.2) is 10.7 Å². The van der Waals surface area contributed by atoms with Crippen LogP contribution < -0.4 is 0 Å². The van der Waals surface area contributed by atoms with E-state index in [0.717, 1.165) is 41.1 Å². The molecule has 0 radical (unpaired) electrons. The molecule has 0 spiro atoms. The van der Waals surface area contributed by atoms with Crippen molar-refractivity contribution in [1.29, 1.82) is 5.26 Å². The minimum absolute atomic E-state index is 0.242. The molecule has 108 valence electrons. The van der Waals surface area contributed by atoms with Crippen LogP contribution in [-0.2, 0) is 6.42 Å². The fraction of sp³-hybridized carbons (Fsp3) is 0.167. The van der Waals surface area contributed by atoms with Gasteiger partial charge in [0, 0.05) is 17.5 Å². The topological polar surface area (TPSA) is 49.0 Å². The Morgan fingerprint density at radius 2 is 1.86 bits per heavy atom. The number of aromatic nitrogens is 1. The summed E-state index contributed by atoms with van der Waals surface area (Å²) < 4.78 is 13.0. The first-order valence-electron chi connectivity index (χ1n) is 7.12. The summed E-state index contributed by atoms with van der Waals surface area (Å²) in [7, 11) is 0. The van der Waals surface area contributed by atoms with Crippen LogP contribution in [0, 0.1) is 17.1 Å². The van der Waals surface area contributed by atoms with Crippen LogP contribution >= 0.6 is 0 Å². The zero-order chi connectivity index (χ0) is 15.4. The van der Waals surface area contributed by atoms with E-state index in [4.69, 9.17) is 5.26 Å². The number of allylic oxidation sites excluding steroid dienone is 1. The van der Waals surface area contributed by atoms with Gasteiger partial charge in [0.1, 0.15) is 5.82 Å². The van der Waals surface area contributed by atoms with Gasteiger partial charge in [-0.05, 0) is 42.7 Å². The largest absolute Gasteiger partial charge is 0.260 e.